The fourth-order valence-electron chi connectivity index (χ4n) is 2.88. The summed E-state index contributed by atoms with van der Waals surface area (Å²) in [6.07, 6.45) is 3.05. The van der Waals surface area contributed by atoms with Gasteiger partial charge < -0.3 is 14.2 Å². The van der Waals surface area contributed by atoms with Gasteiger partial charge in [-0.3, -0.25) is 0 Å². The van der Waals surface area contributed by atoms with Crippen LogP contribution in [0.2, 0.25) is 0 Å². The van der Waals surface area contributed by atoms with Crippen LogP contribution < -0.4 is 9.47 Å². The molecule has 2 aromatic rings. The molecule has 1 atom stereocenters. The Bertz CT molecular complexity index is 713. The second-order valence-corrected chi connectivity index (χ2v) is 6.71. The third-order valence-electron chi connectivity index (χ3n) is 4.10. The standard InChI is InChI=1S/C17H16O4S/c1-10(11-5-6-13-14(7-11)20-9-19-13)21-17(18)16-8-12-3-2-4-15(12)22-16/h5-8,10H,2-4,9H2,1H3/t10-/m1/s1. The second-order valence-electron chi connectivity index (χ2n) is 5.57. The molecule has 22 heavy (non-hydrogen) atoms. The van der Waals surface area contributed by atoms with Crippen LogP contribution in [0, 0.1) is 0 Å². The molecular weight excluding hydrogens is 300 g/mol. The van der Waals surface area contributed by atoms with Crippen LogP contribution in [0.15, 0.2) is 24.3 Å². The summed E-state index contributed by atoms with van der Waals surface area (Å²) >= 11 is 1.57. The Kier molecular flexibility index (Phi) is 3.30. The maximum Gasteiger partial charge on any atom is 0.348 e. The SMILES string of the molecule is C[C@@H](OC(=O)c1cc2c(s1)CCC2)c1ccc2c(c1)OCO2. The lowest BCUT2D eigenvalue weighted by Crippen LogP contribution is -2.08. The maximum absolute atomic E-state index is 12.3. The topological polar surface area (TPSA) is 44.8 Å². The van der Waals surface area contributed by atoms with Crippen molar-refractivity contribution in [2.75, 3.05) is 6.79 Å². The van der Waals surface area contributed by atoms with E-state index in [1.807, 2.05) is 31.2 Å². The lowest BCUT2D eigenvalue weighted by Gasteiger charge is -2.13. The highest BCUT2D eigenvalue weighted by Crippen LogP contribution is 2.36. The lowest BCUT2D eigenvalue weighted by molar-refractivity contribution is 0.0343. The number of fused-ring (bicyclic) bond motifs is 2. The first-order valence-corrected chi connectivity index (χ1v) is 8.24. The largest absolute Gasteiger partial charge is 0.454 e. The summed E-state index contributed by atoms with van der Waals surface area (Å²) in [4.78, 5) is 14.3. The molecule has 0 saturated carbocycles. The van der Waals surface area contributed by atoms with Crippen molar-refractivity contribution in [3.63, 3.8) is 0 Å². The van der Waals surface area contributed by atoms with E-state index < -0.39 is 0 Å². The van der Waals surface area contributed by atoms with Gasteiger partial charge in [0.25, 0.3) is 0 Å². The zero-order chi connectivity index (χ0) is 15.1. The molecule has 0 saturated heterocycles. The minimum Gasteiger partial charge on any atom is -0.454 e. The van der Waals surface area contributed by atoms with Crippen LogP contribution in [0.3, 0.4) is 0 Å². The zero-order valence-corrected chi connectivity index (χ0v) is 13.1. The van der Waals surface area contributed by atoms with E-state index in [-0.39, 0.29) is 18.9 Å². The molecule has 1 aliphatic carbocycles. The Balaban J connectivity index is 1.48. The Morgan fingerprint density at radius 1 is 1.23 bits per heavy atom. The van der Waals surface area contributed by atoms with Crippen molar-refractivity contribution in [2.24, 2.45) is 0 Å². The van der Waals surface area contributed by atoms with Gasteiger partial charge in [0.05, 0.1) is 0 Å². The molecule has 4 nitrogen and oxygen atoms in total. The highest BCUT2D eigenvalue weighted by atomic mass is 32.1. The van der Waals surface area contributed by atoms with Crippen LogP contribution in [-0.2, 0) is 17.6 Å². The Labute approximate surface area is 132 Å². The molecule has 1 aliphatic heterocycles. The first kappa shape index (κ1) is 13.6. The highest BCUT2D eigenvalue weighted by Gasteiger charge is 2.22. The number of carbonyl (C=O) groups is 1. The van der Waals surface area contributed by atoms with Crippen LogP contribution in [0.4, 0.5) is 0 Å². The van der Waals surface area contributed by atoms with Crippen molar-refractivity contribution in [2.45, 2.75) is 32.3 Å². The van der Waals surface area contributed by atoms with Gasteiger partial charge in [-0.2, -0.15) is 0 Å². The molecule has 0 radical (unpaired) electrons. The summed E-state index contributed by atoms with van der Waals surface area (Å²) < 4.78 is 16.2. The average molecular weight is 316 g/mol. The van der Waals surface area contributed by atoms with Crippen LogP contribution in [0.1, 0.15) is 45.1 Å². The predicted molar refractivity (Wildman–Crippen MR) is 82.7 cm³/mol. The van der Waals surface area contributed by atoms with Gasteiger partial charge in [0.15, 0.2) is 11.5 Å². The van der Waals surface area contributed by atoms with Crippen molar-refractivity contribution >= 4 is 17.3 Å². The molecule has 0 fully saturated rings. The predicted octanol–water partition coefficient (Wildman–Crippen LogP) is 3.88. The van der Waals surface area contributed by atoms with Gasteiger partial charge in [0.1, 0.15) is 11.0 Å². The van der Waals surface area contributed by atoms with Crippen LogP contribution in [0.25, 0.3) is 0 Å². The molecule has 4 rings (SSSR count). The Morgan fingerprint density at radius 2 is 2.09 bits per heavy atom. The summed E-state index contributed by atoms with van der Waals surface area (Å²) in [5.41, 5.74) is 2.22. The van der Waals surface area contributed by atoms with E-state index in [1.165, 1.54) is 16.9 Å². The molecule has 0 spiro atoms. The Morgan fingerprint density at radius 3 is 2.95 bits per heavy atom. The normalized spacial score (nSPS) is 16.4. The maximum atomic E-state index is 12.3. The third kappa shape index (κ3) is 2.35. The minimum absolute atomic E-state index is 0.244. The van der Waals surface area contributed by atoms with E-state index in [1.54, 1.807) is 11.3 Å². The van der Waals surface area contributed by atoms with Crippen molar-refractivity contribution in [1.29, 1.82) is 0 Å². The summed E-state index contributed by atoms with van der Waals surface area (Å²) in [5.74, 6) is 1.19. The quantitative estimate of drug-likeness (QED) is 0.806. The molecule has 0 bridgehead atoms. The van der Waals surface area contributed by atoms with Crippen LogP contribution in [0.5, 0.6) is 11.5 Å². The highest BCUT2D eigenvalue weighted by molar-refractivity contribution is 7.14. The molecule has 0 unspecified atom stereocenters. The number of esters is 1. The number of benzene rings is 1. The summed E-state index contributed by atoms with van der Waals surface area (Å²) in [7, 11) is 0. The van der Waals surface area contributed by atoms with Gasteiger partial charge >= 0.3 is 5.97 Å². The van der Waals surface area contributed by atoms with Crippen LogP contribution in [-0.4, -0.2) is 12.8 Å². The van der Waals surface area contributed by atoms with Gasteiger partial charge in [-0.05, 0) is 55.5 Å². The number of rotatable bonds is 3. The summed E-state index contributed by atoms with van der Waals surface area (Å²) in [6, 6.07) is 7.61. The van der Waals surface area contributed by atoms with Crippen molar-refractivity contribution in [3.05, 3.63) is 45.1 Å². The van der Waals surface area contributed by atoms with Gasteiger partial charge in [-0.15, -0.1) is 11.3 Å². The molecule has 5 heteroatoms. The Hall–Kier alpha value is -2.01. The molecular formula is C17H16O4S. The molecule has 2 aliphatic rings. The number of ether oxygens (including phenoxy) is 3. The molecule has 1 aromatic heterocycles. The van der Waals surface area contributed by atoms with E-state index in [0.29, 0.717) is 10.6 Å². The molecule has 114 valence electrons. The van der Waals surface area contributed by atoms with Crippen molar-refractivity contribution in [1.82, 2.24) is 0 Å². The van der Waals surface area contributed by atoms with Crippen LogP contribution >= 0.6 is 11.3 Å². The van der Waals surface area contributed by atoms with Crippen molar-refractivity contribution in [3.8, 4) is 11.5 Å². The number of hydrogen-bond donors (Lipinski definition) is 0. The zero-order valence-electron chi connectivity index (χ0n) is 12.3. The first-order chi connectivity index (χ1) is 10.7. The van der Waals surface area contributed by atoms with E-state index in [2.05, 4.69) is 0 Å². The van der Waals surface area contributed by atoms with Gasteiger partial charge in [0, 0.05) is 4.88 Å². The van der Waals surface area contributed by atoms with E-state index in [0.717, 1.165) is 24.2 Å². The minimum atomic E-state index is -0.320. The van der Waals surface area contributed by atoms with E-state index in [4.69, 9.17) is 14.2 Å². The fourth-order valence-corrected chi connectivity index (χ4v) is 4.02. The summed E-state index contributed by atoms with van der Waals surface area (Å²) in [6.45, 7) is 2.12. The van der Waals surface area contributed by atoms with Gasteiger partial charge in [-0.25, -0.2) is 4.79 Å². The smallest absolute Gasteiger partial charge is 0.348 e. The first-order valence-electron chi connectivity index (χ1n) is 7.43. The van der Waals surface area contributed by atoms with Gasteiger partial charge in [0.2, 0.25) is 6.79 Å². The van der Waals surface area contributed by atoms with E-state index in [9.17, 15) is 4.79 Å². The molecule has 1 aromatic carbocycles. The van der Waals surface area contributed by atoms with Gasteiger partial charge in [-0.1, -0.05) is 6.07 Å². The lowest BCUT2D eigenvalue weighted by atomic mass is 10.1. The number of carbonyl (C=O) groups excluding carboxylic acids is 1. The number of aryl methyl sites for hydroxylation is 2. The number of hydrogen-bond acceptors (Lipinski definition) is 5. The summed E-state index contributed by atoms with van der Waals surface area (Å²) in [5, 5.41) is 0. The number of thiophene rings is 1. The molecule has 0 N–H and O–H groups in total. The monoisotopic (exact) mass is 316 g/mol. The van der Waals surface area contributed by atoms with Crippen molar-refractivity contribution < 1.29 is 19.0 Å². The molecule has 0 amide bonds. The third-order valence-corrected chi connectivity index (χ3v) is 5.31. The molecule has 2 heterocycles. The second kappa shape index (κ2) is 5.32. The fraction of sp³-hybridized carbons (Fsp3) is 0.353. The van der Waals surface area contributed by atoms with E-state index >= 15 is 0 Å². The average Bonchev–Trinajstić information content (AvgIpc) is 3.21.